The first-order chi connectivity index (χ1) is 13.0. The Bertz CT molecular complexity index is 688. The third-order valence-corrected chi connectivity index (χ3v) is 12.1. The lowest BCUT2D eigenvalue weighted by Gasteiger charge is -2.42. The summed E-state index contributed by atoms with van der Waals surface area (Å²) in [4.78, 5) is 12.9. The second-order valence-electron chi connectivity index (χ2n) is 9.59. The van der Waals surface area contributed by atoms with Gasteiger partial charge in [0.05, 0.1) is 17.0 Å². The van der Waals surface area contributed by atoms with Gasteiger partial charge in [-0.25, -0.2) is 0 Å². The van der Waals surface area contributed by atoms with Crippen molar-refractivity contribution in [3.8, 4) is 0 Å². The van der Waals surface area contributed by atoms with Gasteiger partial charge in [0.15, 0.2) is 8.32 Å². The average molecular weight is 423 g/mol. The monoisotopic (exact) mass is 422 g/mol. The number of benzene rings is 1. The van der Waals surface area contributed by atoms with Crippen LogP contribution in [0.25, 0.3) is 0 Å². The molecule has 1 saturated carbocycles. The molecular formula is C22H34O4SSi. The summed E-state index contributed by atoms with van der Waals surface area (Å²) < 4.78 is 18.9. The molecule has 0 amide bonds. The zero-order valence-corrected chi connectivity index (χ0v) is 19.8. The molecule has 4 atom stereocenters. The largest absolute Gasteiger partial charge is 0.435 e. The lowest BCUT2D eigenvalue weighted by atomic mass is 9.96. The van der Waals surface area contributed by atoms with E-state index in [1.54, 1.807) is 11.8 Å². The van der Waals surface area contributed by atoms with Crippen molar-refractivity contribution in [3.63, 3.8) is 0 Å². The van der Waals surface area contributed by atoms with Gasteiger partial charge in [-0.3, -0.25) is 4.79 Å². The Hall–Kier alpha value is -0.823. The third-order valence-electron chi connectivity index (χ3n) is 6.41. The predicted octanol–water partition coefficient (Wildman–Crippen LogP) is 5.77. The summed E-state index contributed by atoms with van der Waals surface area (Å²) >= 11 is 1.74. The van der Waals surface area contributed by atoms with Gasteiger partial charge in [-0.2, -0.15) is 0 Å². The van der Waals surface area contributed by atoms with Gasteiger partial charge in [0.1, 0.15) is 0 Å². The van der Waals surface area contributed by atoms with Gasteiger partial charge in [0.25, 0.3) is 0 Å². The lowest BCUT2D eigenvalue weighted by molar-refractivity contribution is -0.195. The van der Waals surface area contributed by atoms with Crippen molar-refractivity contribution in [1.29, 1.82) is 0 Å². The molecule has 1 unspecified atom stereocenters. The highest BCUT2D eigenvalue weighted by Gasteiger charge is 2.57. The van der Waals surface area contributed by atoms with Crippen LogP contribution in [0.5, 0.6) is 0 Å². The van der Waals surface area contributed by atoms with E-state index in [1.807, 2.05) is 18.2 Å². The number of carbonyl (C=O) groups is 1. The Kier molecular flexibility index (Phi) is 6.35. The molecule has 156 valence electrons. The van der Waals surface area contributed by atoms with Crippen LogP contribution in [0.1, 0.15) is 53.4 Å². The van der Waals surface area contributed by atoms with Gasteiger partial charge in [0.2, 0.25) is 6.29 Å². The Balaban J connectivity index is 1.81. The maximum atomic E-state index is 11.7. The normalized spacial score (nSPS) is 30.7. The molecule has 1 aromatic carbocycles. The summed E-state index contributed by atoms with van der Waals surface area (Å²) in [5.41, 5.74) is -0.345. The summed E-state index contributed by atoms with van der Waals surface area (Å²) in [6.07, 6.45) is 3.48. The molecule has 0 radical (unpaired) electrons. The van der Waals surface area contributed by atoms with Crippen molar-refractivity contribution in [2.24, 2.45) is 0 Å². The van der Waals surface area contributed by atoms with Crippen LogP contribution in [0.4, 0.5) is 0 Å². The van der Waals surface area contributed by atoms with E-state index in [1.165, 1.54) is 11.8 Å². The summed E-state index contributed by atoms with van der Waals surface area (Å²) in [7, 11) is -1.91. The average Bonchev–Trinajstić information content (AvgIpc) is 3.11. The summed E-state index contributed by atoms with van der Waals surface area (Å²) in [6, 6.07) is 10.3. The maximum absolute atomic E-state index is 11.7. The van der Waals surface area contributed by atoms with Crippen LogP contribution in [0.3, 0.4) is 0 Å². The van der Waals surface area contributed by atoms with Crippen LogP contribution in [0.15, 0.2) is 35.2 Å². The van der Waals surface area contributed by atoms with Crippen LogP contribution < -0.4 is 0 Å². The minimum atomic E-state index is -1.91. The van der Waals surface area contributed by atoms with E-state index in [4.69, 9.17) is 13.9 Å². The molecule has 3 rings (SSSR count). The summed E-state index contributed by atoms with van der Waals surface area (Å²) in [6.45, 7) is 12.9. The van der Waals surface area contributed by atoms with Crippen molar-refractivity contribution < 1.29 is 18.7 Å². The van der Waals surface area contributed by atoms with Crippen LogP contribution in [0, 0.1) is 0 Å². The van der Waals surface area contributed by atoms with E-state index in [2.05, 4.69) is 46.0 Å². The smallest absolute Gasteiger partial charge is 0.304 e. The molecule has 1 aliphatic carbocycles. The molecule has 1 heterocycles. The highest BCUT2D eigenvalue weighted by molar-refractivity contribution is 8.00. The van der Waals surface area contributed by atoms with Crippen molar-refractivity contribution in [3.05, 3.63) is 30.3 Å². The maximum Gasteiger partial charge on any atom is 0.304 e. The second kappa shape index (κ2) is 8.13. The first-order valence-electron chi connectivity index (χ1n) is 10.3. The van der Waals surface area contributed by atoms with E-state index in [9.17, 15) is 4.79 Å². The highest BCUT2D eigenvalue weighted by atomic mass is 32.2. The number of ether oxygens (including phenoxy) is 2. The Morgan fingerprint density at radius 1 is 1.25 bits per heavy atom. The Morgan fingerprint density at radius 2 is 1.93 bits per heavy atom. The SMILES string of the molecule is CC(=O)OC1O[C@@]2(CCC[C@H]2O[Si](C)(C)C(C)(C)C)C[C@H]1Sc1ccccc1. The minimum Gasteiger partial charge on any atom is -0.435 e. The zero-order valence-electron chi connectivity index (χ0n) is 18.0. The van der Waals surface area contributed by atoms with Gasteiger partial charge >= 0.3 is 5.97 Å². The van der Waals surface area contributed by atoms with Gasteiger partial charge < -0.3 is 13.9 Å². The molecule has 0 bridgehead atoms. The van der Waals surface area contributed by atoms with Crippen molar-refractivity contribution in [2.75, 3.05) is 0 Å². The number of esters is 1. The number of carbonyl (C=O) groups excluding carboxylic acids is 1. The molecule has 6 heteroatoms. The quantitative estimate of drug-likeness (QED) is 0.445. The molecule has 28 heavy (non-hydrogen) atoms. The highest BCUT2D eigenvalue weighted by Crippen LogP contribution is 2.51. The molecule has 0 N–H and O–H groups in total. The van der Waals surface area contributed by atoms with Crippen molar-refractivity contribution in [2.45, 2.75) is 99.7 Å². The fraction of sp³-hybridized carbons (Fsp3) is 0.682. The summed E-state index contributed by atoms with van der Waals surface area (Å²) in [5, 5.41) is 0.234. The number of rotatable bonds is 5. The van der Waals surface area contributed by atoms with E-state index in [0.29, 0.717) is 0 Å². The molecule has 0 aromatic heterocycles. The van der Waals surface area contributed by atoms with Gasteiger partial charge in [-0.1, -0.05) is 39.0 Å². The van der Waals surface area contributed by atoms with Gasteiger partial charge in [-0.05, 0) is 55.9 Å². The first-order valence-corrected chi connectivity index (χ1v) is 14.1. The molecule has 2 fully saturated rings. The number of thioether (sulfide) groups is 1. The van der Waals surface area contributed by atoms with Crippen LogP contribution in [-0.4, -0.2) is 37.5 Å². The standard InChI is InChI=1S/C22H34O4SSi/c1-16(23)24-20-18(27-17-11-8-7-9-12-17)15-22(25-20)14-10-13-19(22)26-28(5,6)21(2,3)4/h7-9,11-12,18-20H,10,13-15H2,1-6H3/t18-,19-,20?,22+/m1/s1. The Morgan fingerprint density at radius 3 is 2.54 bits per heavy atom. The van der Waals surface area contributed by atoms with Crippen molar-refractivity contribution >= 4 is 26.0 Å². The summed E-state index contributed by atoms with van der Waals surface area (Å²) in [5.74, 6) is -0.291. The van der Waals surface area contributed by atoms with Crippen LogP contribution in [0.2, 0.25) is 18.1 Å². The topological polar surface area (TPSA) is 44.8 Å². The third kappa shape index (κ3) is 4.66. The second-order valence-corrected chi connectivity index (χ2v) is 15.7. The van der Waals surface area contributed by atoms with Gasteiger partial charge in [-0.15, -0.1) is 11.8 Å². The van der Waals surface area contributed by atoms with E-state index >= 15 is 0 Å². The van der Waals surface area contributed by atoms with E-state index in [-0.39, 0.29) is 28.0 Å². The molecular weight excluding hydrogens is 388 g/mol. The molecule has 1 saturated heterocycles. The van der Waals surface area contributed by atoms with E-state index < -0.39 is 14.6 Å². The molecule has 1 aromatic rings. The van der Waals surface area contributed by atoms with Crippen LogP contribution >= 0.6 is 11.8 Å². The minimum absolute atomic E-state index is 0.0767. The Labute approximate surface area is 174 Å². The first kappa shape index (κ1) is 21.9. The lowest BCUT2D eigenvalue weighted by Crippen LogP contribution is -2.50. The predicted molar refractivity (Wildman–Crippen MR) is 116 cm³/mol. The molecule has 2 aliphatic rings. The van der Waals surface area contributed by atoms with E-state index in [0.717, 1.165) is 25.7 Å². The van der Waals surface area contributed by atoms with Gasteiger partial charge in [0, 0.05) is 11.8 Å². The number of hydrogen-bond acceptors (Lipinski definition) is 5. The molecule has 1 spiro atoms. The number of hydrogen-bond donors (Lipinski definition) is 0. The zero-order chi connectivity index (χ0) is 20.6. The molecule has 4 nitrogen and oxygen atoms in total. The van der Waals surface area contributed by atoms with Crippen molar-refractivity contribution in [1.82, 2.24) is 0 Å². The van der Waals surface area contributed by atoms with Crippen LogP contribution in [-0.2, 0) is 18.7 Å². The molecule has 1 aliphatic heterocycles. The fourth-order valence-electron chi connectivity index (χ4n) is 3.90. The fourth-order valence-corrected chi connectivity index (χ4v) is 6.55.